The van der Waals surface area contributed by atoms with Crippen molar-refractivity contribution in [2.45, 2.75) is 13.3 Å². The maximum absolute atomic E-state index is 11.8. The zero-order chi connectivity index (χ0) is 11.3. The first-order valence-electron chi connectivity index (χ1n) is 4.99. The molecule has 0 bridgehead atoms. The molecule has 0 saturated carbocycles. The summed E-state index contributed by atoms with van der Waals surface area (Å²) in [6, 6.07) is 1.84. The second kappa shape index (κ2) is 5.46. The normalized spacial score (nSPS) is 10.1. The highest BCUT2D eigenvalue weighted by Gasteiger charge is 2.11. The number of carbonyl (C=O) groups excluding carboxylic acids is 1. The van der Waals surface area contributed by atoms with Crippen molar-refractivity contribution in [1.29, 1.82) is 0 Å². The molecule has 0 radical (unpaired) electrons. The van der Waals surface area contributed by atoms with Crippen molar-refractivity contribution in [3.63, 3.8) is 0 Å². The first-order chi connectivity index (χ1) is 7.19. The molecule has 1 aromatic rings. The molecule has 0 unspecified atom stereocenters. The first kappa shape index (κ1) is 11.7. The van der Waals surface area contributed by atoms with Crippen molar-refractivity contribution in [3.8, 4) is 0 Å². The highest BCUT2D eigenvalue weighted by Crippen LogP contribution is 2.06. The molecule has 0 aliphatic rings. The molecular weight excluding hydrogens is 192 g/mol. The summed E-state index contributed by atoms with van der Waals surface area (Å²) in [4.78, 5) is 17.3. The number of hydrogen-bond acceptors (Lipinski definition) is 3. The van der Waals surface area contributed by atoms with E-state index in [9.17, 15) is 4.79 Å². The van der Waals surface area contributed by atoms with Crippen molar-refractivity contribution in [2.75, 3.05) is 20.2 Å². The van der Waals surface area contributed by atoms with Crippen LogP contribution in [-0.4, -0.2) is 41.1 Å². The Kier molecular flexibility index (Phi) is 4.24. The topological polar surface area (TPSA) is 53.4 Å². The van der Waals surface area contributed by atoms with Crippen LogP contribution in [0.3, 0.4) is 0 Å². The van der Waals surface area contributed by atoms with Crippen LogP contribution < -0.4 is 0 Å². The summed E-state index contributed by atoms with van der Waals surface area (Å²) in [5, 5.41) is 8.72. The number of rotatable bonds is 4. The third-order valence-electron chi connectivity index (χ3n) is 2.23. The first-order valence-corrected chi connectivity index (χ1v) is 4.99. The monoisotopic (exact) mass is 208 g/mol. The van der Waals surface area contributed by atoms with E-state index >= 15 is 0 Å². The average molecular weight is 208 g/mol. The predicted molar refractivity (Wildman–Crippen MR) is 57.7 cm³/mol. The molecule has 1 amide bonds. The van der Waals surface area contributed by atoms with Gasteiger partial charge in [-0.25, -0.2) is 0 Å². The summed E-state index contributed by atoms with van der Waals surface area (Å²) in [5.74, 6) is -0.105. The van der Waals surface area contributed by atoms with Gasteiger partial charge in [0.15, 0.2) is 0 Å². The number of hydrogen-bond donors (Lipinski definition) is 1. The quantitative estimate of drug-likeness (QED) is 0.792. The van der Waals surface area contributed by atoms with Crippen LogP contribution in [0, 0.1) is 0 Å². The molecule has 0 aliphatic carbocycles. The number of aliphatic hydroxyl groups is 1. The fraction of sp³-hybridized carbons (Fsp3) is 0.455. The number of amides is 1. The number of aliphatic hydroxyl groups excluding tert-OH is 1. The summed E-state index contributed by atoms with van der Waals surface area (Å²) in [6.45, 7) is 2.33. The van der Waals surface area contributed by atoms with E-state index in [4.69, 9.17) is 5.11 Å². The van der Waals surface area contributed by atoms with E-state index in [1.165, 1.54) is 4.90 Å². The smallest absolute Gasteiger partial charge is 0.255 e. The Labute approximate surface area is 89.6 Å². The Morgan fingerprint density at radius 3 is 2.87 bits per heavy atom. The van der Waals surface area contributed by atoms with Gasteiger partial charge in [-0.1, -0.05) is 6.92 Å². The maximum Gasteiger partial charge on any atom is 0.255 e. The third kappa shape index (κ3) is 3.02. The fourth-order valence-corrected chi connectivity index (χ4v) is 1.27. The number of nitrogens with zero attached hydrogens (tertiary/aromatic N) is 2. The van der Waals surface area contributed by atoms with E-state index in [1.807, 2.05) is 13.0 Å². The number of aryl methyl sites for hydroxylation is 1. The van der Waals surface area contributed by atoms with Crippen LogP contribution in [0.5, 0.6) is 0 Å². The Balaban J connectivity index is 2.81. The average Bonchev–Trinajstić information content (AvgIpc) is 2.28. The minimum Gasteiger partial charge on any atom is -0.395 e. The lowest BCUT2D eigenvalue weighted by Gasteiger charge is -2.15. The molecule has 1 N–H and O–H groups in total. The number of likely N-dealkylation sites (N-methyl/N-ethyl adjacent to an activating group) is 1. The summed E-state index contributed by atoms with van der Waals surface area (Å²) < 4.78 is 0. The zero-order valence-electron chi connectivity index (χ0n) is 9.10. The van der Waals surface area contributed by atoms with E-state index in [0.717, 1.165) is 12.0 Å². The SMILES string of the molecule is CCc1cncc(C(=O)N(C)CCO)c1. The van der Waals surface area contributed by atoms with Gasteiger partial charge in [-0.15, -0.1) is 0 Å². The lowest BCUT2D eigenvalue weighted by molar-refractivity contribution is 0.0766. The van der Waals surface area contributed by atoms with Gasteiger partial charge in [0.25, 0.3) is 5.91 Å². The van der Waals surface area contributed by atoms with Crippen LogP contribution in [0.25, 0.3) is 0 Å². The molecule has 1 heterocycles. The van der Waals surface area contributed by atoms with Gasteiger partial charge in [-0.3, -0.25) is 9.78 Å². The minimum absolute atomic E-state index is 0.0247. The third-order valence-corrected chi connectivity index (χ3v) is 2.23. The maximum atomic E-state index is 11.8. The minimum atomic E-state index is -0.105. The van der Waals surface area contributed by atoms with Gasteiger partial charge in [0.2, 0.25) is 0 Å². The molecule has 1 aromatic heterocycles. The largest absolute Gasteiger partial charge is 0.395 e. The van der Waals surface area contributed by atoms with Gasteiger partial charge in [0.05, 0.1) is 12.2 Å². The zero-order valence-corrected chi connectivity index (χ0v) is 9.10. The summed E-state index contributed by atoms with van der Waals surface area (Å²) >= 11 is 0. The second-order valence-electron chi connectivity index (χ2n) is 3.39. The molecule has 0 aromatic carbocycles. The van der Waals surface area contributed by atoms with Gasteiger partial charge in [0.1, 0.15) is 0 Å². The molecule has 4 nitrogen and oxygen atoms in total. The predicted octanol–water partition coefficient (Wildman–Crippen LogP) is 0.708. The van der Waals surface area contributed by atoms with Crippen molar-refractivity contribution >= 4 is 5.91 Å². The van der Waals surface area contributed by atoms with Gasteiger partial charge in [-0.05, 0) is 18.1 Å². The molecule has 15 heavy (non-hydrogen) atoms. The fourth-order valence-electron chi connectivity index (χ4n) is 1.27. The van der Waals surface area contributed by atoms with Gasteiger partial charge < -0.3 is 10.0 Å². The van der Waals surface area contributed by atoms with Crippen LogP contribution in [0.1, 0.15) is 22.8 Å². The number of aromatic nitrogens is 1. The van der Waals surface area contributed by atoms with E-state index in [-0.39, 0.29) is 12.5 Å². The van der Waals surface area contributed by atoms with Gasteiger partial charge in [-0.2, -0.15) is 0 Å². The molecule has 4 heteroatoms. The van der Waals surface area contributed by atoms with Gasteiger partial charge in [0, 0.05) is 26.0 Å². The Morgan fingerprint density at radius 2 is 2.27 bits per heavy atom. The second-order valence-corrected chi connectivity index (χ2v) is 3.39. The standard InChI is InChI=1S/C11H16N2O2/c1-3-9-6-10(8-12-7-9)11(15)13(2)4-5-14/h6-8,14H,3-5H2,1-2H3. The molecule has 0 fully saturated rings. The molecular formula is C11H16N2O2. The Bertz CT molecular complexity index is 339. The Morgan fingerprint density at radius 1 is 1.53 bits per heavy atom. The van der Waals surface area contributed by atoms with E-state index < -0.39 is 0 Å². The van der Waals surface area contributed by atoms with Crippen LogP contribution in [-0.2, 0) is 6.42 Å². The van der Waals surface area contributed by atoms with Crippen molar-refractivity contribution in [3.05, 3.63) is 29.6 Å². The summed E-state index contributed by atoms with van der Waals surface area (Å²) in [5.41, 5.74) is 1.61. The van der Waals surface area contributed by atoms with Crippen molar-refractivity contribution in [1.82, 2.24) is 9.88 Å². The van der Waals surface area contributed by atoms with E-state index in [1.54, 1.807) is 19.4 Å². The molecule has 0 saturated heterocycles. The van der Waals surface area contributed by atoms with E-state index in [2.05, 4.69) is 4.98 Å². The molecule has 0 spiro atoms. The molecule has 0 aliphatic heterocycles. The lowest BCUT2D eigenvalue weighted by atomic mass is 10.1. The highest BCUT2D eigenvalue weighted by molar-refractivity contribution is 5.93. The highest BCUT2D eigenvalue weighted by atomic mass is 16.3. The molecule has 82 valence electrons. The number of pyridine rings is 1. The van der Waals surface area contributed by atoms with Gasteiger partial charge >= 0.3 is 0 Å². The number of carbonyl (C=O) groups is 1. The lowest BCUT2D eigenvalue weighted by Crippen LogP contribution is -2.29. The van der Waals surface area contributed by atoms with Crippen LogP contribution >= 0.6 is 0 Å². The van der Waals surface area contributed by atoms with Crippen LogP contribution in [0.2, 0.25) is 0 Å². The van der Waals surface area contributed by atoms with Crippen molar-refractivity contribution in [2.24, 2.45) is 0 Å². The Hall–Kier alpha value is -1.42. The van der Waals surface area contributed by atoms with Crippen LogP contribution in [0.4, 0.5) is 0 Å². The van der Waals surface area contributed by atoms with Crippen LogP contribution in [0.15, 0.2) is 18.5 Å². The summed E-state index contributed by atoms with van der Waals surface area (Å²) in [7, 11) is 1.66. The molecule has 1 rings (SSSR count). The molecule has 0 atom stereocenters. The van der Waals surface area contributed by atoms with E-state index in [0.29, 0.717) is 12.1 Å². The summed E-state index contributed by atoms with van der Waals surface area (Å²) in [6.07, 6.45) is 4.16. The van der Waals surface area contributed by atoms with Crippen molar-refractivity contribution < 1.29 is 9.90 Å².